The summed E-state index contributed by atoms with van der Waals surface area (Å²) in [7, 11) is 1.38. The van der Waals surface area contributed by atoms with Crippen LogP contribution in [0.4, 0.5) is 14.9 Å². The summed E-state index contributed by atoms with van der Waals surface area (Å²) in [6, 6.07) is 9.32. The van der Waals surface area contributed by atoms with Crippen molar-refractivity contribution in [3.8, 4) is 23.5 Å². The van der Waals surface area contributed by atoms with Gasteiger partial charge in [0.15, 0.2) is 24.0 Å². The molecule has 0 radical (unpaired) electrons. The van der Waals surface area contributed by atoms with Crippen molar-refractivity contribution in [3.63, 3.8) is 0 Å². The lowest BCUT2D eigenvalue weighted by Crippen LogP contribution is -2.20. The minimum Gasteiger partial charge on any atom is -0.497 e. The minimum atomic E-state index is -1.19. The van der Waals surface area contributed by atoms with E-state index in [0.717, 1.165) is 11.6 Å². The molecule has 0 aliphatic heterocycles. The van der Waals surface area contributed by atoms with E-state index >= 15 is 4.39 Å². The van der Waals surface area contributed by atoms with Gasteiger partial charge < -0.3 is 44.2 Å². The highest BCUT2D eigenvalue weighted by Crippen LogP contribution is 2.36. The fraction of sp³-hybridized carbons (Fsp3) is 0.353. The normalized spacial score (nSPS) is 11.3. The second-order valence-corrected chi connectivity index (χ2v) is 10.9. The summed E-state index contributed by atoms with van der Waals surface area (Å²) in [6.45, 7) is 3.14. The van der Waals surface area contributed by atoms with Crippen LogP contribution in [0.15, 0.2) is 54.9 Å². The Labute approximate surface area is 303 Å². The second-order valence-electron chi connectivity index (χ2n) is 10.9. The Bertz CT molecular complexity index is 1860. The largest absolute Gasteiger partial charge is 0.511 e. The van der Waals surface area contributed by atoms with Crippen molar-refractivity contribution in [1.82, 2.24) is 24.7 Å². The van der Waals surface area contributed by atoms with Gasteiger partial charge in [0, 0.05) is 42.2 Å². The molecule has 0 aliphatic carbocycles. The average Bonchev–Trinajstić information content (AvgIpc) is 3.58. The lowest BCUT2D eigenvalue weighted by Gasteiger charge is -2.21. The van der Waals surface area contributed by atoms with Gasteiger partial charge in [-0.2, -0.15) is 4.98 Å². The van der Waals surface area contributed by atoms with E-state index in [2.05, 4.69) is 30.1 Å². The smallest absolute Gasteiger partial charge is 0.497 e. The van der Waals surface area contributed by atoms with E-state index < -0.39 is 43.4 Å². The van der Waals surface area contributed by atoms with Crippen molar-refractivity contribution in [3.05, 3.63) is 77.6 Å². The van der Waals surface area contributed by atoms with Crippen molar-refractivity contribution < 1.29 is 51.9 Å². The van der Waals surface area contributed by atoms with Gasteiger partial charge in [0.05, 0.1) is 7.11 Å². The predicted molar refractivity (Wildman–Crippen MR) is 183 cm³/mol. The number of amidine groups is 1. The third-order valence-electron chi connectivity index (χ3n) is 7.22. The van der Waals surface area contributed by atoms with E-state index in [1.807, 2.05) is 13.8 Å². The molecule has 0 saturated carbocycles. The number of nitrogen functional groups attached to an aromatic ring is 1. The summed E-state index contributed by atoms with van der Waals surface area (Å²) in [6.07, 6.45) is 2.84. The van der Waals surface area contributed by atoms with Gasteiger partial charge in [0.2, 0.25) is 6.79 Å². The Balaban J connectivity index is 1.70. The summed E-state index contributed by atoms with van der Waals surface area (Å²) in [5.74, 6) is -2.56. The number of benzene rings is 2. The number of halogens is 1. The van der Waals surface area contributed by atoms with Crippen LogP contribution in [0, 0.1) is 11.2 Å². The van der Waals surface area contributed by atoms with Crippen molar-refractivity contribution in [2.45, 2.75) is 45.8 Å². The first-order valence-electron chi connectivity index (χ1n) is 16.2. The summed E-state index contributed by atoms with van der Waals surface area (Å²) in [5.41, 5.74) is 6.48. The van der Waals surface area contributed by atoms with Crippen LogP contribution in [0.1, 0.15) is 56.6 Å². The van der Waals surface area contributed by atoms with Crippen molar-refractivity contribution >= 4 is 29.6 Å². The average molecular weight is 739 g/mol. The molecule has 2 aromatic heterocycles. The van der Waals surface area contributed by atoms with Crippen molar-refractivity contribution in [2.75, 3.05) is 39.0 Å². The molecule has 0 aliphatic rings. The fourth-order valence-electron chi connectivity index (χ4n) is 4.54. The summed E-state index contributed by atoms with van der Waals surface area (Å²) in [5, 5.41) is 15.5. The molecule has 19 heteroatoms. The number of carbonyl (C=O) groups is 3. The Hall–Kier alpha value is -6.53. The van der Waals surface area contributed by atoms with Crippen LogP contribution in [0.3, 0.4) is 0 Å². The number of nitrogens with one attached hydrogen (secondary N) is 2. The highest BCUT2D eigenvalue weighted by Gasteiger charge is 2.29. The highest BCUT2D eigenvalue weighted by molar-refractivity contribution is 5.95. The van der Waals surface area contributed by atoms with Gasteiger partial charge >= 0.3 is 24.1 Å². The molecule has 1 atom stereocenters. The topological polar surface area (TPSA) is 234 Å². The molecule has 4 N–H and O–H groups in total. The van der Waals surface area contributed by atoms with Crippen LogP contribution < -0.4 is 25.3 Å². The Morgan fingerprint density at radius 3 is 2.36 bits per heavy atom. The molecule has 4 rings (SSSR count). The number of rotatable bonds is 19. The van der Waals surface area contributed by atoms with E-state index in [0.29, 0.717) is 24.1 Å². The quantitative estimate of drug-likeness (QED) is 0.0309. The van der Waals surface area contributed by atoms with E-state index in [9.17, 15) is 14.4 Å². The number of carbonyl (C=O) groups excluding carboxylic acids is 3. The molecule has 2 aromatic carbocycles. The van der Waals surface area contributed by atoms with Gasteiger partial charge in [-0.25, -0.2) is 23.9 Å². The third-order valence-corrected chi connectivity index (χ3v) is 7.22. The molecule has 0 bridgehead atoms. The molecular formula is C34H39FN8O10. The van der Waals surface area contributed by atoms with Gasteiger partial charge in [0.25, 0.3) is 5.95 Å². The SMILES string of the molecule is CCC(CC)OC(=O)OCOc1nc(C(Nc2ccc(C(=N)N)cc2)c2cc(OC)cc(OCCOC(=O)COC(C)=O)c2F)nn1-c1ncccn1. The zero-order valence-corrected chi connectivity index (χ0v) is 29.4. The Kier molecular flexibility index (Phi) is 14.2. The molecule has 0 amide bonds. The van der Waals surface area contributed by atoms with Crippen LogP contribution in [0.5, 0.6) is 17.5 Å². The van der Waals surface area contributed by atoms with Gasteiger partial charge in [-0.15, -0.1) is 9.78 Å². The molecule has 53 heavy (non-hydrogen) atoms. The number of hydrogen-bond acceptors (Lipinski definition) is 16. The maximum atomic E-state index is 16.5. The third kappa shape index (κ3) is 11.2. The molecule has 1 unspecified atom stereocenters. The predicted octanol–water partition coefficient (Wildman–Crippen LogP) is 3.85. The highest BCUT2D eigenvalue weighted by atomic mass is 19.1. The van der Waals surface area contributed by atoms with Gasteiger partial charge in [-0.1, -0.05) is 13.8 Å². The van der Waals surface area contributed by atoms with Gasteiger partial charge in [-0.3, -0.25) is 10.2 Å². The zero-order chi connectivity index (χ0) is 38.3. The fourth-order valence-corrected chi connectivity index (χ4v) is 4.54. The maximum absolute atomic E-state index is 16.5. The minimum absolute atomic E-state index is 0.0313. The number of nitrogens with zero attached hydrogens (tertiary/aromatic N) is 5. The first kappa shape index (κ1) is 39.3. The summed E-state index contributed by atoms with van der Waals surface area (Å²) < 4.78 is 54.3. The molecular weight excluding hydrogens is 699 g/mol. The molecule has 18 nitrogen and oxygen atoms in total. The number of hydrogen-bond donors (Lipinski definition) is 3. The number of esters is 2. The number of nitrogens with two attached hydrogens (primary N) is 1. The number of aromatic nitrogens is 5. The first-order chi connectivity index (χ1) is 25.5. The maximum Gasteiger partial charge on any atom is 0.511 e. The molecule has 282 valence electrons. The van der Waals surface area contributed by atoms with Gasteiger partial charge in [0.1, 0.15) is 36.9 Å². The number of methoxy groups -OCH3 is 1. The molecule has 0 fully saturated rings. The molecule has 2 heterocycles. The summed E-state index contributed by atoms with van der Waals surface area (Å²) in [4.78, 5) is 48.0. The van der Waals surface area contributed by atoms with Crippen molar-refractivity contribution in [1.29, 1.82) is 5.41 Å². The number of anilines is 1. The second kappa shape index (κ2) is 19.2. The number of ether oxygens (including phenoxy) is 7. The van der Waals surface area contributed by atoms with E-state index in [1.165, 1.54) is 31.6 Å². The lowest BCUT2D eigenvalue weighted by molar-refractivity contribution is -0.157. The van der Waals surface area contributed by atoms with Crippen LogP contribution in [-0.4, -0.2) is 88.5 Å². The van der Waals surface area contributed by atoms with E-state index in [4.69, 9.17) is 39.6 Å². The lowest BCUT2D eigenvalue weighted by atomic mass is 10.0. The van der Waals surface area contributed by atoms with Crippen LogP contribution in [-0.2, 0) is 28.5 Å². The zero-order valence-electron chi connectivity index (χ0n) is 29.4. The summed E-state index contributed by atoms with van der Waals surface area (Å²) >= 11 is 0. The monoisotopic (exact) mass is 738 g/mol. The molecule has 0 saturated heterocycles. The molecule has 0 spiro atoms. The van der Waals surface area contributed by atoms with Gasteiger partial charge in [-0.05, 0) is 49.2 Å². The molecule has 4 aromatic rings. The van der Waals surface area contributed by atoms with Crippen LogP contribution in [0.25, 0.3) is 5.95 Å². The van der Waals surface area contributed by atoms with Crippen LogP contribution >= 0.6 is 0 Å². The Morgan fingerprint density at radius 1 is 1.00 bits per heavy atom. The standard InChI is InChI=1S/C34H39FN8O10/c1-5-23(6-2)53-34(46)52-19-51-33-41-31(42-43(33)32-38-12-7-13-39-32)29(40-22-10-8-21(9-11-22)30(36)37)25-16-24(47-4)17-26(28(25)35)48-14-15-49-27(45)18-50-20(3)44/h7-13,16-17,23,29,40H,5-6,14-15,18-19H2,1-4H3,(H3,36,37). The Morgan fingerprint density at radius 2 is 1.72 bits per heavy atom. The van der Waals surface area contributed by atoms with E-state index in [1.54, 1.807) is 30.3 Å². The first-order valence-corrected chi connectivity index (χ1v) is 16.2. The van der Waals surface area contributed by atoms with Crippen molar-refractivity contribution in [2.24, 2.45) is 5.73 Å². The van der Waals surface area contributed by atoms with E-state index in [-0.39, 0.29) is 60.0 Å². The van der Waals surface area contributed by atoms with Crippen LogP contribution in [0.2, 0.25) is 0 Å².